The van der Waals surface area contributed by atoms with E-state index in [-0.39, 0.29) is 24.6 Å². The molecule has 16 heavy (non-hydrogen) atoms. The molecule has 0 unspecified atom stereocenters. The summed E-state index contributed by atoms with van der Waals surface area (Å²) in [5, 5.41) is 0. The number of hydrogen-bond donors (Lipinski definition) is 0. The monoisotopic (exact) mass is 225 g/mol. The van der Waals surface area contributed by atoms with E-state index in [4.69, 9.17) is 9.47 Å². The zero-order chi connectivity index (χ0) is 11.8. The number of aromatic nitrogens is 1. The molecular formula is C11H15NO4. The minimum Gasteiger partial charge on any atom is -0.463 e. The molecule has 1 aromatic heterocycles. The van der Waals surface area contributed by atoms with Crippen molar-refractivity contribution in [2.24, 2.45) is 0 Å². The molecule has 0 aliphatic heterocycles. The summed E-state index contributed by atoms with van der Waals surface area (Å²) in [6, 6.07) is 4.86. The Kier molecular flexibility index (Phi) is 5.28. The topological polar surface area (TPSA) is 57.5 Å². The second-order valence-electron chi connectivity index (χ2n) is 3.20. The molecule has 0 atom stereocenters. The molecule has 0 aliphatic carbocycles. The maximum absolute atomic E-state index is 11.3. The zero-order valence-electron chi connectivity index (χ0n) is 9.22. The summed E-state index contributed by atoms with van der Waals surface area (Å²) >= 11 is 0. The molecule has 0 fully saturated rings. The first-order valence-corrected chi connectivity index (χ1v) is 5.04. The highest BCUT2D eigenvalue weighted by molar-refractivity contribution is 5.69. The van der Waals surface area contributed by atoms with Crippen LogP contribution in [0, 0.1) is 0 Å². The van der Waals surface area contributed by atoms with Crippen molar-refractivity contribution in [2.45, 2.75) is 13.0 Å². The van der Waals surface area contributed by atoms with E-state index >= 15 is 0 Å². The van der Waals surface area contributed by atoms with Crippen LogP contribution in [-0.2, 0) is 20.8 Å². The van der Waals surface area contributed by atoms with E-state index in [0.29, 0.717) is 13.2 Å². The van der Waals surface area contributed by atoms with Gasteiger partial charge in [0.2, 0.25) is 0 Å². The number of hydrogen-bond acceptors (Lipinski definition) is 4. The molecule has 0 aromatic carbocycles. The van der Waals surface area contributed by atoms with Crippen LogP contribution < -0.4 is 5.56 Å². The Labute approximate surface area is 93.6 Å². The van der Waals surface area contributed by atoms with Crippen LogP contribution in [0.1, 0.15) is 6.42 Å². The van der Waals surface area contributed by atoms with Gasteiger partial charge in [-0.25, -0.2) is 0 Å². The number of carbonyl (C=O) groups is 1. The Balaban J connectivity index is 2.32. The quantitative estimate of drug-likeness (QED) is 0.520. The Bertz CT molecular complexity index is 386. The van der Waals surface area contributed by atoms with Crippen molar-refractivity contribution in [1.29, 1.82) is 0 Å². The van der Waals surface area contributed by atoms with Crippen molar-refractivity contribution in [1.82, 2.24) is 4.57 Å². The summed E-state index contributed by atoms with van der Waals surface area (Å²) in [6.45, 7) is 0.974. The summed E-state index contributed by atoms with van der Waals surface area (Å²) < 4.78 is 11.1. The average molecular weight is 225 g/mol. The summed E-state index contributed by atoms with van der Waals surface area (Å²) in [4.78, 5) is 22.5. The first-order chi connectivity index (χ1) is 7.74. The lowest BCUT2D eigenvalue weighted by Crippen LogP contribution is -2.20. The van der Waals surface area contributed by atoms with E-state index in [9.17, 15) is 9.59 Å². The van der Waals surface area contributed by atoms with Crippen LogP contribution in [-0.4, -0.2) is 30.9 Å². The van der Waals surface area contributed by atoms with Crippen molar-refractivity contribution in [3.63, 3.8) is 0 Å². The molecule has 5 heteroatoms. The van der Waals surface area contributed by atoms with Gasteiger partial charge < -0.3 is 14.0 Å². The van der Waals surface area contributed by atoms with Crippen LogP contribution in [0.4, 0.5) is 0 Å². The molecule has 5 nitrogen and oxygen atoms in total. The van der Waals surface area contributed by atoms with Gasteiger partial charge in [0, 0.05) is 25.9 Å². The largest absolute Gasteiger partial charge is 0.463 e. The minimum absolute atomic E-state index is 0.118. The molecule has 1 heterocycles. The smallest absolute Gasteiger partial charge is 0.307 e. The average Bonchev–Trinajstić information content (AvgIpc) is 2.28. The van der Waals surface area contributed by atoms with E-state index < -0.39 is 0 Å². The number of aryl methyl sites for hydroxylation is 1. The normalized spacial score (nSPS) is 10.1. The first-order valence-electron chi connectivity index (χ1n) is 5.04. The van der Waals surface area contributed by atoms with Crippen molar-refractivity contribution >= 4 is 5.97 Å². The highest BCUT2D eigenvalue weighted by atomic mass is 16.6. The van der Waals surface area contributed by atoms with Gasteiger partial charge >= 0.3 is 5.97 Å². The lowest BCUT2D eigenvalue weighted by atomic mass is 10.4. The van der Waals surface area contributed by atoms with Gasteiger partial charge in [-0.2, -0.15) is 0 Å². The van der Waals surface area contributed by atoms with Crippen molar-refractivity contribution in [3.8, 4) is 0 Å². The number of pyridine rings is 1. The van der Waals surface area contributed by atoms with Gasteiger partial charge in [0.1, 0.15) is 6.61 Å². The Morgan fingerprint density at radius 2 is 2.19 bits per heavy atom. The molecule has 0 spiro atoms. The molecule has 1 rings (SSSR count). The molecular weight excluding hydrogens is 210 g/mol. The van der Waals surface area contributed by atoms with Crippen LogP contribution in [0.25, 0.3) is 0 Å². The molecule has 0 N–H and O–H groups in total. The highest BCUT2D eigenvalue weighted by Gasteiger charge is 2.03. The Morgan fingerprint density at radius 3 is 2.88 bits per heavy atom. The summed E-state index contributed by atoms with van der Waals surface area (Å²) in [7, 11) is 1.54. The second kappa shape index (κ2) is 6.79. The molecule has 0 aliphatic rings. The number of ether oxygens (including phenoxy) is 2. The zero-order valence-corrected chi connectivity index (χ0v) is 9.22. The lowest BCUT2D eigenvalue weighted by molar-refractivity contribution is -0.145. The van der Waals surface area contributed by atoms with Crippen LogP contribution in [0.2, 0.25) is 0 Å². The van der Waals surface area contributed by atoms with E-state index in [2.05, 4.69) is 0 Å². The summed E-state index contributed by atoms with van der Waals surface area (Å²) in [6.07, 6.45) is 1.83. The van der Waals surface area contributed by atoms with Gasteiger partial charge in [-0.15, -0.1) is 0 Å². The number of rotatable bonds is 6. The van der Waals surface area contributed by atoms with Gasteiger partial charge in [0.25, 0.3) is 5.56 Å². The molecule has 1 aromatic rings. The van der Waals surface area contributed by atoms with Crippen LogP contribution >= 0.6 is 0 Å². The van der Waals surface area contributed by atoms with Gasteiger partial charge in [0.05, 0.1) is 13.0 Å². The number of carbonyl (C=O) groups excluding carboxylic acids is 1. The van der Waals surface area contributed by atoms with Crippen LogP contribution in [0.3, 0.4) is 0 Å². The van der Waals surface area contributed by atoms with Gasteiger partial charge in [-0.05, 0) is 6.07 Å². The van der Waals surface area contributed by atoms with E-state index in [0.717, 1.165) is 0 Å². The van der Waals surface area contributed by atoms with Crippen molar-refractivity contribution < 1.29 is 14.3 Å². The third kappa shape index (κ3) is 4.27. The molecule has 0 saturated carbocycles. The second-order valence-corrected chi connectivity index (χ2v) is 3.20. The number of methoxy groups -OCH3 is 1. The van der Waals surface area contributed by atoms with Crippen LogP contribution in [0.5, 0.6) is 0 Å². The van der Waals surface area contributed by atoms with Gasteiger partial charge in [0.15, 0.2) is 0 Å². The maximum Gasteiger partial charge on any atom is 0.307 e. The molecule has 0 amide bonds. The fourth-order valence-electron chi connectivity index (χ4n) is 1.17. The van der Waals surface area contributed by atoms with E-state index in [1.165, 1.54) is 17.7 Å². The molecule has 88 valence electrons. The Hall–Kier alpha value is -1.62. The van der Waals surface area contributed by atoms with E-state index in [1.807, 2.05) is 0 Å². The third-order valence-corrected chi connectivity index (χ3v) is 2.01. The lowest BCUT2D eigenvalue weighted by Gasteiger charge is -2.05. The SMILES string of the molecule is COCCOC(=O)CCn1ccccc1=O. The fourth-order valence-corrected chi connectivity index (χ4v) is 1.17. The molecule has 0 radical (unpaired) electrons. The standard InChI is InChI=1S/C11H15NO4/c1-15-8-9-16-11(14)5-7-12-6-3-2-4-10(12)13/h2-4,6H,5,7-9H2,1H3. The number of nitrogens with zero attached hydrogens (tertiary/aromatic N) is 1. The highest BCUT2D eigenvalue weighted by Crippen LogP contribution is 1.91. The first kappa shape index (κ1) is 12.4. The van der Waals surface area contributed by atoms with Gasteiger partial charge in [-0.1, -0.05) is 6.07 Å². The Morgan fingerprint density at radius 1 is 1.38 bits per heavy atom. The molecule has 0 bridgehead atoms. The predicted octanol–water partition coefficient (Wildman–Crippen LogP) is 0.428. The fraction of sp³-hybridized carbons (Fsp3) is 0.455. The third-order valence-electron chi connectivity index (χ3n) is 2.01. The van der Waals surface area contributed by atoms with Crippen LogP contribution in [0.15, 0.2) is 29.2 Å². The van der Waals surface area contributed by atoms with Gasteiger partial charge in [-0.3, -0.25) is 9.59 Å². The minimum atomic E-state index is -0.326. The maximum atomic E-state index is 11.3. The van der Waals surface area contributed by atoms with E-state index in [1.54, 1.807) is 18.3 Å². The van der Waals surface area contributed by atoms with Crippen molar-refractivity contribution in [2.75, 3.05) is 20.3 Å². The molecule has 0 saturated heterocycles. The summed E-state index contributed by atoms with van der Waals surface area (Å²) in [5.74, 6) is -0.326. The predicted molar refractivity (Wildman–Crippen MR) is 58.2 cm³/mol. The number of esters is 1. The summed E-state index contributed by atoms with van der Waals surface area (Å²) in [5.41, 5.74) is -0.118. The van der Waals surface area contributed by atoms with Crippen molar-refractivity contribution in [3.05, 3.63) is 34.7 Å².